The smallest absolute Gasteiger partial charge is 0.191 e. The van der Waals surface area contributed by atoms with Gasteiger partial charge in [0.2, 0.25) is 0 Å². The van der Waals surface area contributed by atoms with Crippen molar-refractivity contribution in [3.63, 3.8) is 0 Å². The van der Waals surface area contributed by atoms with Crippen LogP contribution < -0.4 is 10.6 Å². The van der Waals surface area contributed by atoms with Gasteiger partial charge in [-0.15, -0.1) is 34.2 Å². The van der Waals surface area contributed by atoms with E-state index in [-0.39, 0.29) is 24.0 Å². The van der Waals surface area contributed by atoms with Gasteiger partial charge in [0.25, 0.3) is 0 Å². The molecule has 0 aromatic carbocycles. The Kier molecular flexibility index (Phi) is 13.1. The Labute approximate surface area is 158 Å². The van der Waals surface area contributed by atoms with Crippen molar-refractivity contribution in [2.45, 2.75) is 72.4 Å². The third kappa shape index (κ3) is 9.12. The number of aliphatic imine (C=N–C) groups is 1. The van der Waals surface area contributed by atoms with Crippen molar-refractivity contribution in [1.82, 2.24) is 25.4 Å². The van der Waals surface area contributed by atoms with Gasteiger partial charge in [-0.05, 0) is 19.8 Å². The Morgan fingerprint density at radius 3 is 2.74 bits per heavy atom. The van der Waals surface area contributed by atoms with Crippen LogP contribution in [-0.2, 0) is 13.0 Å². The summed E-state index contributed by atoms with van der Waals surface area (Å²) in [5, 5.41) is 14.9. The Hall–Kier alpha value is -0.860. The summed E-state index contributed by atoms with van der Waals surface area (Å²) < 4.78 is 2.09. The second-order valence-corrected chi connectivity index (χ2v) is 5.61. The van der Waals surface area contributed by atoms with Gasteiger partial charge in [0.05, 0.1) is 0 Å². The summed E-state index contributed by atoms with van der Waals surface area (Å²) in [5.41, 5.74) is 0. The van der Waals surface area contributed by atoms with Crippen molar-refractivity contribution in [2.24, 2.45) is 4.99 Å². The van der Waals surface area contributed by atoms with Gasteiger partial charge < -0.3 is 15.2 Å². The fraction of sp³-hybridized carbons (Fsp3) is 0.812. The molecule has 0 amide bonds. The lowest BCUT2D eigenvalue weighted by Crippen LogP contribution is -2.43. The van der Waals surface area contributed by atoms with E-state index >= 15 is 0 Å². The summed E-state index contributed by atoms with van der Waals surface area (Å²) in [7, 11) is 0. The molecule has 1 aromatic heterocycles. The van der Waals surface area contributed by atoms with E-state index in [0.717, 1.165) is 50.7 Å². The Morgan fingerprint density at radius 2 is 2.09 bits per heavy atom. The summed E-state index contributed by atoms with van der Waals surface area (Å²) in [5.74, 6) is 1.94. The van der Waals surface area contributed by atoms with Crippen LogP contribution in [0.15, 0.2) is 11.3 Å². The summed E-state index contributed by atoms with van der Waals surface area (Å²) in [6, 6.07) is 0.429. The molecule has 0 fully saturated rings. The summed E-state index contributed by atoms with van der Waals surface area (Å²) >= 11 is 0. The molecule has 0 radical (unpaired) electrons. The summed E-state index contributed by atoms with van der Waals surface area (Å²) in [6.07, 6.45) is 7.39. The predicted molar refractivity (Wildman–Crippen MR) is 108 cm³/mol. The van der Waals surface area contributed by atoms with E-state index in [1.165, 1.54) is 12.8 Å². The number of halogens is 1. The molecule has 23 heavy (non-hydrogen) atoms. The highest BCUT2D eigenvalue weighted by Crippen LogP contribution is 1.96. The molecule has 0 spiro atoms. The van der Waals surface area contributed by atoms with Gasteiger partial charge in [0, 0.05) is 32.1 Å². The number of hydrogen-bond acceptors (Lipinski definition) is 3. The molecule has 0 saturated heterocycles. The fourth-order valence-corrected chi connectivity index (χ4v) is 2.07. The van der Waals surface area contributed by atoms with Crippen LogP contribution in [0.5, 0.6) is 0 Å². The quantitative estimate of drug-likeness (QED) is 0.256. The maximum absolute atomic E-state index is 4.66. The van der Waals surface area contributed by atoms with E-state index < -0.39 is 0 Å². The van der Waals surface area contributed by atoms with Gasteiger partial charge in [-0.3, -0.25) is 4.99 Å². The molecule has 1 heterocycles. The lowest BCUT2D eigenvalue weighted by atomic mass is 10.2. The monoisotopic (exact) mass is 436 g/mol. The van der Waals surface area contributed by atoms with Crippen LogP contribution in [0.25, 0.3) is 0 Å². The van der Waals surface area contributed by atoms with Gasteiger partial charge in [-0.2, -0.15) is 0 Å². The molecule has 0 saturated carbocycles. The summed E-state index contributed by atoms with van der Waals surface area (Å²) in [6.45, 7) is 11.2. The van der Waals surface area contributed by atoms with Crippen LogP contribution in [0.1, 0.15) is 59.2 Å². The van der Waals surface area contributed by atoms with Gasteiger partial charge >= 0.3 is 0 Å². The van der Waals surface area contributed by atoms with Crippen molar-refractivity contribution in [3.05, 3.63) is 12.2 Å². The molecule has 1 atom stereocenters. The van der Waals surface area contributed by atoms with E-state index in [4.69, 9.17) is 0 Å². The molecule has 1 aromatic rings. The van der Waals surface area contributed by atoms with E-state index in [1.807, 2.05) is 0 Å². The lowest BCUT2D eigenvalue weighted by Gasteiger charge is -2.17. The van der Waals surface area contributed by atoms with Crippen molar-refractivity contribution in [1.29, 1.82) is 0 Å². The second kappa shape index (κ2) is 13.6. The highest BCUT2D eigenvalue weighted by atomic mass is 127. The standard InChI is InChI=1S/C16H32N6.HI/c1-5-8-9-10-17-16(20-14(4)6-2)18-11-12-22-13-19-21-15(22)7-3;/h13-14H,5-12H2,1-4H3,(H2,17,18,20);1H. The molecule has 7 heteroatoms. The number of guanidine groups is 1. The lowest BCUT2D eigenvalue weighted by molar-refractivity contribution is 0.597. The highest BCUT2D eigenvalue weighted by Gasteiger charge is 2.05. The minimum absolute atomic E-state index is 0. The Balaban J connectivity index is 0.00000484. The predicted octanol–water partition coefficient (Wildman–Crippen LogP) is 2.98. The van der Waals surface area contributed by atoms with Gasteiger partial charge in [-0.25, -0.2) is 0 Å². The fourth-order valence-electron chi connectivity index (χ4n) is 2.07. The molecule has 0 aliphatic heterocycles. The van der Waals surface area contributed by atoms with Gasteiger partial charge in [0.1, 0.15) is 12.2 Å². The Morgan fingerprint density at radius 1 is 1.30 bits per heavy atom. The maximum atomic E-state index is 4.66. The first-order chi connectivity index (χ1) is 10.7. The molecule has 1 unspecified atom stereocenters. The van der Waals surface area contributed by atoms with Crippen LogP contribution in [0.3, 0.4) is 0 Å². The van der Waals surface area contributed by atoms with E-state index in [2.05, 4.69) is 58.1 Å². The molecule has 6 nitrogen and oxygen atoms in total. The molecule has 0 bridgehead atoms. The number of nitrogens with one attached hydrogen (secondary N) is 2. The molecule has 134 valence electrons. The molecule has 1 rings (SSSR count). The van der Waals surface area contributed by atoms with Crippen molar-refractivity contribution < 1.29 is 0 Å². The molecule has 2 N–H and O–H groups in total. The topological polar surface area (TPSA) is 67.1 Å². The SMILES string of the molecule is CCCCCN=C(NCCn1cnnc1CC)NC(C)CC.I. The van der Waals surface area contributed by atoms with Crippen LogP contribution in [0.2, 0.25) is 0 Å². The second-order valence-electron chi connectivity index (χ2n) is 5.61. The number of aromatic nitrogens is 3. The van der Waals surface area contributed by atoms with Crippen molar-refractivity contribution >= 4 is 29.9 Å². The average molecular weight is 436 g/mol. The number of nitrogens with zero attached hydrogens (tertiary/aromatic N) is 4. The summed E-state index contributed by atoms with van der Waals surface area (Å²) in [4.78, 5) is 4.66. The van der Waals surface area contributed by atoms with Crippen LogP contribution in [0.4, 0.5) is 0 Å². The van der Waals surface area contributed by atoms with Crippen molar-refractivity contribution in [2.75, 3.05) is 13.1 Å². The molecular formula is C16H33IN6. The van der Waals surface area contributed by atoms with Crippen LogP contribution in [0, 0.1) is 0 Å². The highest BCUT2D eigenvalue weighted by molar-refractivity contribution is 14.0. The molecule has 0 aliphatic carbocycles. The molecule has 0 aliphatic rings. The third-order valence-corrected chi connectivity index (χ3v) is 3.68. The zero-order valence-corrected chi connectivity index (χ0v) is 17.3. The normalized spacial score (nSPS) is 12.6. The van der Waals surface area contributed by atoms with Crippen molar-refractivity contribution in [3.8, 4) is 0 Å². The van der Waals surface area contributed by atoms with E-state index in [9.17, 15) is 0 Å². The zero-order chi connectivity index (χ0) is 16.2. The van der Waals surface area contributed by atoms with Gasteiger partial charge in [-0.1, -0.05) is 33.6 Å². The zero-order valence-electron chi connectivity index (χ0n) is 15.0. The number of unbranched alkanes of at least 4 members (excludes halogenated alkanes) is 2. The van der Waals surface area contributed by atoms with E-state index in [0.29, 0.717) is 6.04 Å². The minimum atomic E-state index is 0. The molecular weight excluding hydrogens is 403 g/mol. The van der Waals surface area contributed by atoms with E-state index in [1.54, 1.807) is 6.33 Å². The minimum Gasteiger partial charge on any atom is -0.355 e. The largest absolute Gasteiger partial charge is 0.355 e. The first-order valence-corrected chi connectivity index (χ1v) is 8.62. The Bertz CT molecular complexity index is 432. The number of hydrogen-bond donors (Lipinski definition) is 2. The number of aryl methyl sites for hydroxylation is 1. The van der Waals surface area contributed by atoms with Gasteiger partial charge in [0.15, 0.2) is 5.96 Å². The first kappa shape index (κ1) is 22.1. The maximum Gasteiger partial charge on any atom is 0.191 e. The number of rotatable bonds is 10. The van der Waals surface area contributed by atoms with Crippen LogP contribution >= 0.6 is 24.0 Å². The average Bonchev–Trinajstić information content (AvgIpc) is 2.98. The van der Waals surface area contributed by atoms with Crippen LogP contribution in [-0.4, -0.2) is 39.9 Å². The third-order valence-electron chi connectivity index (χ3n) is 3.68. The first-order valence-electron chi connectivity index (χ1n) is 8.62.